The zero-order valence-electron chi connectivity index (χ0n) is 9.83. The zero-order chi connectivity index (χ0) is 12.0. The summed E-state index contributed by atoms with van der Waals surface area (Å²) in [4.78, 5) is 13.4. The van der Waals surface area contributed by atoms with Gasteiger partial charge in [-0.1, -0.05) is 0 Å². The maximum Gasteiger partial charge on any atom is 0.261 e. The number of nitrogens with zero attached hydrogens (tertiary/aromatic N) is 1. The molecule has 0 aromatic rings. The van der Waals surface area contributed by atoms with E-state index in [2.05, 4.69) is 10.1 Å². The van der Waals surface area contributed by atoms with Gasteiger partial charge in [0.05, 0.1) is 13.0 Å². The smallest absolute Gasteiger partial charge is 0.261 e. The molecular formula is C10H19ClF2N2O2. The first-order chi connectivity index (χ1) is 7.59. The maximum absolute atomic E-state index is 11.7. The van der Waals surface area contributed by atoms with Gasteiger partial charge < -0.3 is 15.0 Å². The molecule has 0 radical (unpaired) electrons. The third-order valence-corrected chi connectivity index (χ3v) is 2.43. The zero-order valence-corrected chi connectivity index (χ0v) is 10.6. The summed E-state index contributed by atoms with van der Waals surface area (Å²) in [5.74, 6) is -0.0254. The second-order valence-corrected chi connectivity index (χ2v) is 3.91. The molecule has 1 N–H and O–H groups in total. The van der Waals surface area contributed by atoms with Crippen LogP contribution in [0.4, 0.5) is 8.78 Å². The summed E-state index contributed by atoms with van der Waals surface area (Å²) in [6.07, 6.45) is -2.28. The van der Waals surface area contributed by atoms with Gasteiger partial charge in [0.1, 0.15) is 6.61 Å². The van der Waals surface area contributed by atoms with Crippen LogP contribution in [0.2, 0.25) is 0 Å². The predicted octanol–water partition coefficient (Wildman–Crippen LogP) is 0.900. The van der Waals surface area contributed by atoms with Crippen molar-refractivity contribution in [3.63, 3.8) is 0 Å². The molecule has 0 aliphatic carbocycles. The Morgan fingerprint density at radius 1 is 1.59 bits per heavy atom. The molecule has 1 heterocycles. The minimum atomic E-state index is -2.46. The largest absolute Gasteiger partial charge is 0.375 e. The summed E-state index contributed by atoms with van der Waals surface area (Å²) >= 11 is 0. The number of nitrogens with one attached hydrogen (secondary N) is 1. The van der Waals surface area contributed by atoms with E-state index in [0.29, 0.717) is 19.1 Å². The lowest BCUT2D eigenvalue weighted by molar-refractivity contribution is -0.133. The average molecular weight is 273 g/mol. The molecule has 1 aliphatic rings. The fourth-order valence-corrected chi connectivity index (χ4v) is 1.65. The standard InChI is InChI=1S/C10H18F2N2O2.ClH/c1-8-6-14(4-3-13-8)10(15)2-5-16-7-9(11)12;/h8-9,13H,2-7H2,1H3;1H/t8-;/m1./s1. The lowest BCUT2D eigenvalue weighted by Crippen LogP contribution is -2.51. The van der Waals surface area contributed by atoms with Gasteiger partial charge >= 0.3 is 0 Å². The molecule has 102 valence electrons. The second kappa shape index (κ2) is 8.60. The molecule has 1 fully saturated rings. The summed E-state index contributed by atoms with van der Waals surface area (Å²) in [5, 5.41) is 3.22. The third-order valence-electron chi connectivity index (χ3n) is 2.43. The summed E-state index contributed by atoms with van der Waals surface area (Å²) in [6.45, 7) is 3.62. The van der Waals surface area contributed by atoms with E-state index in [4.69, 9.17) is 0 Å². The van der Waals surface area contributed by atoms with E-state index < -0.39 is 13.0 Å². The molecule has 1 amide bonds. The van der Waals surface area contributed by atoms with Crippen molar-refractivity contribution >= 4 is 18.3 Å². The van der Waals surface area contributed by atoms with Gasteiger partial charge in [-0.15, -0.1) is 12.4 Å². The molecule has 0 unspecified atom stereocenters. The van der Waals surface area contributed by atoms with E-state index >= 15 is 0 Å². The van der Waals surface area contributed by atoms with Crippen LogP contribution < -0.4 is 5.32 Å². The van der Waals surface area contributed by atoms with Crippen LogP contribution in [-0.4, -0.2) is 56.1 Å². The number of halogens is 3. The van der Waals surface area contributed by atoms with Crippen LogP contribution in [0.1, 0.15) is 13.3 Å². The Morgan fingerprint density at radius 2 is 2.29 bits per heavy atom. The van der Waals surface area contributed by atoms with Crippen molar-refractivity contribution in [2.75, 3.05) is 32.8 Å². The normalized spacial score (nSPS) is 20.2. The van der Waals surface area contributed by atoms with Gasteiger partial charge in [-0.25, -0.2) is 8.78 Å². The quantitative estimate of drug-likeness (QED) is 0.756. The molecule has 0 saturated carbocycles. The monoisotopic (exact) mass is 272 g/mol. The Kier molecular flexibility index (Phi) is 8.37. The highest BCUT2D eigenvalue weighted by atomic mass is 35.5. The SMILES string of the molecule is C[C@@H]1CN(C(=O)CCOCC(F)F)CCN1.Cl. The average Bonchev–Trinajstić information content (AvgIpc) is 2.24. The van der Waals surface area contributed by atoms with E-state index in [0.717, 1.165) is 6.54 Å². The van der Waals surface area contributed by atoms with Crippen LogP contribution in [0.15, 0.2) is 0 Å². The van der Waals surface area contributed by atoms with Crippen LogP contribution in [0.3, 0.4) is 0 Å². The first kappa shape index (κ1) is 16.5. The number of ether oxygens (including phenoxy) is 1. The maximum atomic E-state index is 11.7. The molecule has 0 bridgehead atoms. The van der Waals surface area contributed by atoms with Crippen molar-refractivity contribution in [2.45, 2.75) is 25.8 Å². The van der Waals surface area contributed by atoms with E-state index in [1.54, 1.807) is 4.90 Å². The number of hydrogen-bond acceptors (Lipinski definition) is 3. The Balaban J connectivity index is 0.00000256. The first-order valence-corrected chi connectivity index (χ1v) is 5.46. The minimum absolute atomic E-state index is 0. The number of amides is 1. The lowest BCUT2D eigenvalue weighted by Gasteiger charge is -2.31. The van der Waals surface area contributed by atoms with Crippen molar-refractivity contribution in [1.29, 1.82) is 0 Å². The highest BCUT2D eigenvalue weighted by molar-refractivity contribution is 5.85. The van der Waals surface area contributed by atoms with E-state index in [-0.39, 0.29) is 31.3 Å². The molecule has 1 saturated heterocycles. The molecule has 0 spiro atoms. The topological polar surface area (TPSA) is 41.6 Å². The van der Waals surface area contributed by atoms with Gasteiger partial charge in [0, 0.05) is 25.7 Å². The van der Waals surface area contributed by atoms with Gasteiger partial charge in [0.25, 0.3) is 6.43 Å². The lowest BCUT2D eigenvalue weighted by atomic mass is 10.2. The predicted molar refractivity (Wildman–Crippen MR) is 62.7 cm³/mol. The fraction of sp³-hybridized carbons (Fsp3) is 0.900. The molecule has 0 aromatic carbocycles. The Labute approximate surface area is 106 Å². The molecule has 0 aromatic heterocycles. The van der Waals surface area contributed by atoms with Crippen LogP contribution in [0.5, 0.6) is 0 Å². The van der Waals surface area contributed by atoms with Crippen LogP contribution in [-0.2, 0) is 9.53 Å². The number of carbonyl (C=O) groups is 1. The Hall–Kier alpha value is -0.460. The summed E-state index contributed by atoms with van der Waals surface area (Å²) in [7, 11) is 0. The minimum Gasteiger partial charge on any atom is -0.375 e. The Bertz CT molecular complexity index is 232. The molecule has 1 rings (SSSR count). The van der Waals surface area contributed by atoms with Crippen molar-refractivity contribution in [2.24, 2.45) is 0 Å². The van der Waals surface area contributed by atoms with Crippen molar-refractivity contribution in [3.8, 4) is 0 Å². The van der Waals surface area contributed by atoms with Crippen molar-refractivity contribution in [1.82, 2.24) is 10.2 Å². The number of alkyl halides is 2. The van der Waals surface area contributed by atoms with Crippen LogP contribution in [0.25, 0.3) is 0 Å². The Morgan fingerprint density at radius 3 is 2.88 bits per heavy atom. The highest BCUT2D eigenvalue weighted by Gasteiger charge is 2.19. The van der Waals surface area contributed by atoms with Gasteiger partial charge in [-0.3, -0.25) is 4.79 Å². The first-order valence-electron chi connectivity index (χ1n) is 5.46. The molecular weight excluding hydrogens is 254 g/mol. The molecule has 17 heavy (non-hydrogen) atoms. The van der Waals surface area contributed by atoms with Gasteiger partial charge in [-0.2, -0.15) is 0 Å². The highest BCUT2D eigenvalue weighted by Crippen LogP contribution is 2.02. The molecule has 1 atom stereocenters. The summed E-state index contributed by atoms with van der Waals surface area (Å²) in [6, 6.07) is 0.291. The van der Waals surface area contributed by atoms with Crippen LogP contribution >= 0.6 is 12.4 Å². The third kappa shape index (κ3) is 6.75. The van der Waals surface area contributed by atoms with Crippen LogP contribution in [0, 0.1) is 0 Å². The second-order valence-electron chi connectivity index (χ2n) is 3.91. The molecule has 1 aliphatic heterocycles. The van der Waals surface area contributed by atoms with Crippen molar-refractivity contribution < 1.29 is 18.3 Å². The summed E-state index contributed by atoms with van der Waals surface area (Å²) < 4.78 is 28.1. The van der Waals surface area contributed by atoms with E-state index in [1.807, 2.05) is 6.92 Å². The van der Waals surface area contributed by atoms with Gasteiger partial charge in [0.15, 0.2) is 0 Å². The number of piperazine rings is 1. The fourth-order valence-electron chi connectivity index (χ4n) is 1.65. The van der Waals surface area contributed by atoms with E-state index in [9.17, 15) is 13.6 Å². The van der Waals surface area contributed by atoms with Gasteiger partial charge in [0.2, 0.25) is 5.91 Å². The van der Waals surface area contributed by atoms with E-state index in [1.165, 1.54) is 0 Å². The van der Waals surface area contributed by atoms with Gasteiger partial charge in [-0.05, 0) is 6.92 Å². The van der Waals surface area contributed by atoms with Crippen molar-refractivity contribution in [3.05, 3.63) is 0 Å². The number of carbonyl (C=O) groups excluding carboxylic acids is 1. The molecule has 4 nitrogen and oxygen atoms in total. The molecule has 7 heteroatoms. The number of hydrogen-bond donors (Lipinski definition) is 1. The number of rotatable bonds is 5. The summed E-state index contributed by atoms with van der Waals surface area (Å²) in [5.41, 5.74) is 0.